The van der Waals surface area contributed by atoms with Gasteiger partial charge in [-0.25, -0.2) is 5.43 Å². The molecule has 5 rings (SSSR count). The summed E-state index contributed by atoms with van der Waals surface area (Å²) in [5, 5.41) is 7.23. The van der Waals surface area contributed by atoms with Gasteiger partial charge in [-0.05, 0) is 51.0 Å². The number of hydrogen-bond donors (Lipinski definition) is 2. The molecule has 8 nitrogen and oxygen atoms in total. The van der Waals surface area contributed by atoms with E-state index < -0.39 is 0 Å². The quantitative estimate of drug-likeness (QED) is 0.582. The number of amides is 2. The van der Waals surface area contributed by atoms with Crippen molar-refractivity contribution < 1.29 is 23.5 Å². The lowest BCUT2D eigenvalue weighted by molar-refractivity contribution is 0.0953. The molecule has 168 valence electrons. The Bertz CT molecular complexity index is 1270. The number of carbonyl (C=O) groups is 2. The van der Waals surface area contributed by atoms with Gasteiger partial charge in [0.2, 0.25) is 6.79 Å². The van der Waals surface area contributed by atoms with Gasteiger partial charge < -0.3 is 19.2 Å². The van der Waals surface area contributed by atoms with E-state index in [2.05, 4.69) is 15.8 Å². The van der Waals surface area contributed by atoms with Crippen molar-refractivity contribution >= 4 is 23.2 Å². The number of nitrogens with one attached hydrogen (secondary N) is 2. The summed E-state index contributed by atoms with van der Waals surface area (Å²) in [6, 6.07) is 12.5. The molecule has 1 aliphatic heterocycles. The fraction of sp³-hybridized carbons (Fsp3) is 0.240. The van der Waals surface area contributed by atoms with Gasteiger partial charge in [-0.2, -0.15) is 5.10 Å². The van der Waals surface area contributed by atoms with Gasteiger partial charge in [-0.1, -0.05) is 17.7 Å². The van der Waals surface area contributed by atoms with Crippen molar-refractivity contribution in [1.29, 1.82) is 0 Å². The second-order valence-electron chi connectivity index (χ2n) is 8.10. The smallest absolute Gasteiger partial charge is 0.291 e. The number of ether oxygens (including phenoxy) is 2. The van der Waals surface area contributed by atoms with E-state index in [1.54, 1.807) is 30.3 Å². The van der Waals surface area contributed by atoms with Gasteiger partial charge in [-0.3, -0.25) is 9.59 Å². The summed E-state index contributed by atoms with van der Waals surface area (Å²) >= 11 is 0. The third-order valence-electron chi connectivity index (χ3n) is 5.77. The topological polar surface area (TPSA) is 102 Å². The predicted octanol–water partition coefficient (Wildman–Crippen LogP) is 4.35. The number of fused-ring (bicyclic) bond motifs is 2. The van der Waals surface area contributed by atoms with Crippen molar-refractivity contribution in [2.75, 3.05) is 12.1 Å². The zero-order valence-electron chi connectivity index (χ0n) is 18.4. The van der Waals surface area contributed by atoms with Crippen LogP contribution < -0.4 is 20.2 Å². The number of furan rings is 1. The highest BCUT2D eigenvalue weighted by molar-refractivity contribution is 6.09. The molecular formula is C25H23N3O5. The largest absolute Gasteiger partial charge is 0.455 e. The summed E-state index contributed by atoms with van der Waals surface area (Å²) in [7, 11) is 0. The fourth-order valence-corrected chi connectivity index (χ4v) is 4.05. The highest BCUT2D eigenvalue weighted by Crippen LogP contribution is 2.35. The van der Waals surface area contributed by atoms with Crippen LogP contribution in [0.25, 0.3) is 0 Å². The SMILES string of the molecule is Cc1ccc(C(=O)N/N=C2\CCCc3oc(C(=O)Nc4ccc5c(c4)OCO5)c(C)c32)cc1. The van der Waals surface area contributed by atoms with Crippen molar-refractivity contribution in [2.45, 2.75) is 33.1 Å². The number of benzene rings is 2. The van der Waals surface area contributed by atoms with Crippen molar-refractivity contribution in [3.63, 3.8) is 0 Å². The molecule has 3 aromatic rings. The van der Waals surface area contributed by atoms with E-state index in [4.69, 9.17) is 13.9 Å². The van der Waals surface area contributed by atoms with Gasteiger partial charge in [0.15, 0.2) is 17.3 Å². The van der Waals surface area contributed by atoms with Crippen LogP contribution in [-0.4, -0.2) is 24.3 Å². The summed E-state index contributed by atoms with van der Waals surface area (Å²) in [5.74, 6) is 1.53. The molecule has 0 saturated carbocycles. The highest BCUT2D eigenvalue weighted by Gasteiger charge is 2.28. The van der Waals surface area contributed by atoms with Crippen LogP contribution in [0.3, 0.4) is 0 Å². The summed E-state index contributed by atoms with van der Waals surface area (Å²) in [4.78, 5) is 25.4. The number of aryl methyl sites for hydroxylation is 2. The molecule has 2 aromatic carbocycles. The minimum absolute atomic E-state index is 0.166. The molecule has 0 fully saturated rings. The Hall–Kier alpha value is -4.07. The van der Waals surface area contributed by atoms with Crippen LogP contribution in [0.2, 0.25) is 0 Å². The van der Waals surface area contributed by atoms with E-state index in [-0.39, 0.29) is 24.4 Å². The minimum Gasteiger partial charge on any atom is -0.455 e. The third kappa shape index (κ3) is 4.07. The van der Waals surface area contributed by atoms with Crippen molar-refractivity contribution in [3.8, 4) is 11.5 Å². The van der Waals surface area contributed by atoms with Gasteiger partial charge in [0.25, 0.3) is 11.8 Å². The van der Waals surface area contributed by atoms with Crippen LogP contribution in [0.15, 0.2) is 52.0 Å². The molecule has 33 heavy (non-hydrogen) atoms. The first-order chi connectivity index (χ1) is 16.0. The van der Waals surface area contributed by atoms with Crippen molar-refractivity contribution in [1.82, 2.24) is 5.43 Å². The summed E-state index contributed by atoms with van der Waals surface area (Å²) < 4.78 is 16.6. The fourth-order valence-electron chi connectivity index (χ4n) is 4.05. The Morgan fingerprint density at radius 1 is 0.939 bits per heavy atom. The number of hydrogen-bond acceptors (Lipinski definition) is 6. The van der Waals surface area contributed by atoms with Crippen LogP contribution in [-0.2, 0) is 6.42 Å². The van der Waals surface area contributed by atoms with Crippen LogP contribution in [0.4, 0.5) is 5.69 Å². The second-order valence-corrected chi connectivity index (χ2v) is 8.10. The number of hydrazone groups is 1. The Balaban J connectivity index is 1.36. The molecule has 2 N–H and O–H groups in total. The van der Waals surface area contributed by atoms with E-state index in [0.717, 1.165) is 17.5 Å². The lowest BCUT2D eigenvalue weighted by Crippen LogP contribution is -2.22. The normalized spacial score (nSPS) is 15.3. The molecule has 0 unspecified atom stereocenters. The van der Waals surface area contributed by atoms with Crippen molar-refractivity contribution in [3.05, 3.63) is 76.2 Å². The third-order valence-corrected chi connectivity index (χ3v) is 5.77. The summed E-state index contributed by atoms with van der Waals surface area (Å²) in [6.07, 6.45) is 2.21. The molecule has 8 heteroatoms. The molecule has 0 bridgehead atoms. The van der Waals surface area contributed by atoms with E-state index in [1.165, 1.54) is 0 Å². The van der Waals surface area contributed by atoms with E-state index in [1.807, 2.05) is 26.0 Å². The maximum atomic E-state index is 13.0. The Morgan fingerprint density at radius 3 is 2.55 bits per heavy atom. The Morgan fingerprint density at radius 2 is 1.73 bits per heavy atom. The molecule has 0 spiro atoms. The van der Waals surface area contributed by atoms with E-state index in [9.17, 15) is 9.59 Å². The monoisotopic (exact) mass is 445 g/mol. The zero-order valence-corrected chi connectivity index (χ0v) is 18.4. The second kappa shape index (κ2) is 8.46. The van der Waals surface area contributed by atoms with Crippen LogP contribution in [0.5, 0.6) is 11.5 Å². The molecule has 1 aromatic heterocycles. The van der Waals surface area contributed by atoms with Gasteiger partial charge in [0.05, 0.1) is 5.71 Å². The molecule has 1 aliphatic carbocycles. The first-order valence-electron chi connectivity index (χ1n) is 10.8. The zero-order chi connectivity index (χ0) is 22.9. The molecule has 2 aliphatic rings. The van der Waals surface area contributed by atoms with Gasteiger partial charge >= 0.3 is 0 Å². The number of nitrogens with zero attached hydrogens (tertiary/aromatic N) is 1. The highest BCUT2D eigenvalue weighted by atomic mass is 16.7. The van der Waals surface area contributed by atoms with Gasteiger partial charge in [0, 0.05) is 34.9 Å². The van der Waals surface area contributed by atoms with Gasteiger partial charge in [0.1, 0.15) is 5.76 Å². The summed E-state index contributed by atoms with van der Waals surface area (Å²) in [6.45, 7) is 3.96. The number of rotatable bonds is 4. The lowest BCUT2D eigenvalue weighted by atomic mass is 9.93. The number of carbonyl (C=O) groups excluding carboxylic acids is 2. The maximum Gasteiger partial charge on any atom is 0.291 e. The lowest BCUT2D eigenvalue weighted by Gasteiger charge is -2.13. The van der Waals surface area contributed by atoms with Crippen molar-refractivity contribution in [2.24, 2.45) is 5.10 Å². The average Bonchev–Trinajstić information content (AvgIpc) is 3.42. The maximum absolute atomic E-state index is 13.0. The molecule has 2 amide bonds. The molecular weight excluding hydrogens is 422 g/mol. The first kappa shape index (κ1) is 20.8. The van der Waals surface area contributed by atoms with Crippen LogP contribution in [0.1, 0.15) is 56.2 Å². The average molecular weight is 445 g/mol. The minimum atomic E-state index is -0.358. The standard InChI is InChI=1S/C25H23N3O5/c1-14-6-8-16(9-7-14)24(29)28-27-18-4-3-5-20-22(18)15(2)23(33-20)25(30)26-17-10-11-19-21(12-17)32-13-31-19/h6-12H,3-5,13H2,1-2H3,(H,26,30)(H,28,29)/b27-18+. The van der Waals surface area contributed by atoms with Gasteiger partial charge in [-0.15, -0.1) is 0 Å². The van der Waals surface area contributed by atoms with Crippen LogP contribution in [0, 0.1) is 13.8 Å². The molecule has 0 atom stereocenters. The molecule has 0 radical (unpaired) electrons. The number of anilines is 1. The Kier molecular flexibility index (Phi) is 5.34. The first-order valence-corrected chi connectivity index (χ1v) is 10.8. The summed E-state index contributed by atoms with van der Waals surface area (Å²) in [5.41, 5.74) is 7.04. The van der Waals surface area contributed by atoms with E-state index >= 15 is 0 Å². The predicted molar refractivity (Wildman–Crippen MR) is 122 cm³/mol. The Labute approximate surface area is 190 Å². The molecule has 0 saturated heterocycles. The van der Waals surface area contributed by atoms with E-state index in [0.29, 0.717) is 52.6 Å². The molecule has 2 heterocycles. The van der Waals surface area contributed by atoms with Crippen LogP contribution >= 0.6 is 0 Å².